The molecule has 0 radical (unpaired) electrons. The van der Waals surface area contributed by atoms with Gasteiger partial charge in [0.1, 0.15) is 5.75 Å². The molecule has 0 fully saturated rings. The molecule has 2 rings (SSSR count). The number of nitrogens with zero attached hydrogens (tertiary/aromatic N) is 1. The molecule has 1 aromatic rings. The number of anilines is 1. The third-order valence-electron chi connectivity index (χ3n) is 3.42. The Labute approximate surface area is 133 Å². The van der Waals surface area contributed by atoms with Gasteiger partial charge in [-0.2, -0.15) is 0 Å². The summed E-state index contributed by atoms with van der Waals surface area (Å²) in [6.45, 7) is -0.00251. The van der Waals surface area contributed by atoms with Crippen LogP contribution in [-0.4, -0.2) is 55.8 Å². The fraction of sp³-hybridized carbons (Fsp3) is 0.400. The number of methoxy groups -OCH3 is 1. The number of para-hydroxylation sites is 2. The van der Waals surface area contributed by atoms with Crippen molar-refractivity contribution in [1.29, 1.82) is 0 Å². The van der Waals surface area contributed by atoms with Gasteiger partial charge in [-0.1, -0.05) is 12.1 Å². The van der Waals surface area contributed by atoms with Crippen molar-refractivity contribution < 1.29 is 29.0 Å². The maximum Gasteiger partial charge on any atom is 0.334 e. The number of nitrogens with one attached hydrogen (secondary N) is 1. The van der Waals surface area contributed by atoms with E-state index in [2.05, 4.69) is 5.32 Å². The molecule has 1 aliphatic rings. The lowest BCUT2D eigenvalue weighted by Crippen LogP contribution is -2.42. The molecule has 0 spiro atoms. The van der Waals surface area contributed by atoms with Crippen LogP contribution in [0, 0.1) is 0 Å². The Bertz CT molecular complexity index is 603. The van der Waals surface area contributed by atoms with Gasteiger partial charge in [0.25, 0.3) is 5.91 Å². The number of amides is 2. The smallest absolute Gasteiger partial charge is 0.334 e. The van der Waals surface area contributed by atoms with Gasteiger partial charge in [0.15, 0.2) is 12.7 Å². The van der Waals surface area contributed by atoms with Crippen LogP contribution in [0.1, 0.15) is 6.42 Å². The second-order valence-corrected chi connectivity index (χ2v) is 4.92. The molecule has 0 saturated heterocycles. The molecule has 1 aliphatic heterocycles. The van der Waals surface area contributed by atoms with E-state index in [0.29, 0.717) is 11.4 Å². The number of carboxylic acids is 1. The summed E-state index contributed by atoms with van der Waals surface area (Å²) >= 11 is 0. The van der Waals surface area contributed by atoms with Crippen molar-refractivity contribution in [2.75, 3.05) is 31.7 Å². The van der Waals surface area contributed by atoms with E-state index in [9.17, 15) is 14.4 Å². The topological polar surface area (TPSA) is 105 Å². The highest BCUT2D eigenvalue weighted by atomic mass is 16.5. The minimum Gasteiger partial charge on any atom is -0.482 e. The van der Waals surface area contributed by atoms with Crippen molar-refractivity contribution in [3.63, 3.8) is 0 Å². The highest BCUT2D eigenvalue weighted by molar-refractivity contribution is 5.98. The third kappa shape index (κ3) is 4.19. The molecule has 0 aliphatic carbocycles. The Balaban J connectivity index is 1.89. The van der Waals surface area contributed by atoms with Gasteiger partial charge >= 0.3 is 5.97 Å². The normalized spacial score (nSPS) is 14.7. The van der Waals surface area contributed by atoms with Crippen LogP contribution in [0.5, 0.6) is 5.75 Å². The maximum atomic E-state index is 11.9. The average Bonchev–Trinajstić information content (AvgIpc) is 2.54. The van der Waals surface area contributed by atoms with Crippen LogP contribution < -0.4 is 15.0 Å². The first kappa shape index (κ1) is 16.8. The summed E-state index contributed by atoms with van der Waals surface area (Å²) in [5, 5.41) is 11.3. The SMILES string of the molecule is COC(CNC(=O)CCN1C(=O)COc2ccccc21)C(=O)O. The zero-order valence-electron chi connectivity index (χ0n) is 12.7. The second-order valence-electron chi connectivity index (χ2n) is 4.92. The van der Waals surface area contributed by atoms with Crippen LogP contribution >= 0.6 is 0 Å². The molecule has 124 valence electrons. The van der Waals surface area contributed by atoms with Crippen LogP contribution in [0.15, 0.2) is 24.3 Å². The van der Waals surface area contributed by atoms with Gasteiger partial charge in [0, 0.05) is 20.1 Å². The lowest BCUT2D eigenvalue weighted by molar-refractivity contribution is -0.148. The first-order chi connectivity index (χ1) is 11.0. The zero-order valence-corrected chi connectivity index (χ0v) is 12.7. The molecule has 1 unspecified atom stereocenters. The molecule has 8 nitrogen and oxygen atoms in total. The Morgan fingerprint density at radius 3 is 2.87 bits per heavy atom. The number of rotatable bonds is 7. The summed E-state index contributed by atoms with van der Waals surface area (Å²) in [6, 6.07) is 7.08. The Morgan fingerprint density at radius 1 is 1.43 bits per heavy atom. The van der Waals surface area contributed by atoms with E-state index in [4.69, 9.17) is 14.6 Å². The number of carbonyl (C=O) groups excluding carboxylic acids is 2. The average molecular weight is 322 g/mol. The highest BCUT2D eigenvalue weighted by Gasteiger charge is 2.25. The van der Waals surface area contributed by atoms with Gasteiger partial charge in [-0.15, -0.1) is 0 Å². The van der Waals surface area contributed by atoms with E-state index < -0.39 is 12.1 Å². The Kier molecular flexibility index (Phi) is 5.53. The molecule has 1 aromatic carbocycles. The second kappa shape index (κ2) is 7.59. The predicted molar refractivity (Wildman–Crippen MR) is 80.3 cm³/mol. The predicted octanol–water partition coefficient (Wildman–Crippen LogP) is 0.0179. The summed E-state index contributed by atoms with van der Waals surface area (Å²) in [7, 11) is 1.26. The lowest BCUT2D eigenvalue weighted by Gasteiger charge is -2.29. The molecule has 8 heteroatoms. The summed E-state index contributed by atoms with van der Waals surface area (Å²) in [5.74, 6) is -1.13. The number of ether oxygens (including phenoxy) is 2. The standard InChI is InChI=1S/C15H18N2O6/c1-22-12(15(20)21)8-16-13(18)6-7-17-10-4-2-3-5-11(10)23-9-14(17)19/h2-5,12H,6-9H2,1H3,(H,16,18)(H,20,21). The van der Waals surface area contributed by atoms with Gasteiger partial charge in [0.05, 0.1) is 12.2 Å². The fourth-order valence-electron chi connectivity index (χ4n) is 2.18. The van der Waals surface area contributed by atoms with E-state index in [1.165, 1.54) is 12.0 Å². The van der Waals surface area contributed by atoms with E-state index in [1.807, 2.05) is 0 Å². The van der Waals surface area contributed by atoms with E-state index in [0.717, 1.165) is 0 Å². The number of hydrogen-bond acceptors (Lipinski definition) is 5. The minimum absolute atomic E-state index is 0.0517. The first-order valence-electron chi connectivity index (χ1n) is 7.07. The van der Waals surface area contributed by atoms with Crippen LogP contribution in [0.2, 0.25) is 0 Å². The summed E-state index contributed by atoms with van der Waals surface area (Å²) < 4.78 is 10.0. The van der Waals surface area contributed by atoms with Crippen molar-refractivity contribution in [3.8, 4) is 5.75 Å². The van der Waals surface area contributed by atoms with E-state index in [1.54, 1.807) is 24.3 Å². The number of hydrogen-bond donors (Lipinski definition) is 2. The van der Waals surface area contributed by atoms with Crippen molar-refractivity contribution in [2.45, 2.75) is 12.5 Å². The number of carbonyl (C=O) groups is 3. The van der Waals surface area contributed by atoms with Crippen LogP contribution in [-0.2, 0) is 19.1 Å². The van der Waals surface area contributed by atoms with Gasteiger partial charge in [-0.3, -0.25) is 9.59 Å². The monoisotopic (exact) mass is 322 g/mol. The van der Waals surface area contributed by atoms with Crippen LogP contribution in [0.25, 0.3) is 0 Å². The summed E-state index contributed by atoms with van der Waals surface area (Å²) in [4.78, 5) is 36.0. The van der Waals surface area contributed by atoms with Crippen LogP contribution in [0.3, 0.4) is 0 Å². The lowest BCUT2D eigenvalue weighted by atomic mass is 10.2. The molecule has 23 heavy (non-hydrogen) atoms. The Hall–Kier alpha value is -2.61. The van der Waals surface area contributed by atoms with Crippen molar-refractivity contribution in [1.82, 2.24) is 5.32 Å². The third-order valence-corrected chi connectivity index (χ3v) is 3.42. The molecule has 0 bridgehead atoms. The largest absolute Gasteiger partial charge is 0.482 e. The van der Waals surface area contributed by atoms with Crippen molar-refractivity contribution in [2.24, 2.45) is 0 Å². The molecule has 1 atom stereocenters. The molecule has 0 aromatic heterocycles. The maximum absolute atomic E-state index is 11.9. The summed E-state index contributed by atoms with van der Waals surface area (Å²) in [5.41, 5.74) is 0.622. The number of aliphatic carboxylic acids is 1. The molecular weight excluding hydrogens is 304 g/mol. The minimum atomic E-state index is -1.15. The zero-order chi connectivity index (χ0) is 16.8. The van der Waals surface area contributed by atoms with Gasteiger partial charge in [-0.25, -0.2) is 4.79 Å². The number of benzene rings is 1. The van der Waals surface area contributed by atoms with Crippen LogP contribution in [0.4, 0.5) is 5.69 Å². The highest BCUT2D eigenvalue weighted by Crippen LogP contribution is 2.31. The molecule has 0 saturated carbocycles. The molecular formula is C15H18N2O6. The van der Waals surface area contributed by atoms with E-state index >= 15 is 0 Å². The van der Waals surface area contributed by atoms with Gasteiger partial charge < -0.3 is 24.8 Å². The fourth-order valence-corrected chi connectivity index (χ4v) is 2.18. The van der Waals surface area contributed by atoms with Gasteiger partial charge in [-0.05, 0) is 12.1 Å². The van der Waals surface area contributed by atoms with Gasteiger partial charge in [0.2, 0.25) is 5.91 Å². The Morgan fingerprint density at radius 2 is 2.17 bits per heavy atom. The number of fused-ring (bicyclic) bond motifs is 1. The van der Waals surface area contributed by atoms with E-state index in [-0.39, 0.29) is 37.9 Å². The summed E-state index contributed by atoms with van der Waals surface area (Å²) in [6.07, 6.45) is -1.04. The van der Waals surface area contributed by atoms with Crippen molar-refractivity contribution in [3.05, 3.63) is 24.3 Å². The molecule has 2 N–H and O–H groups in total. The van der Waals surface area contributed by atoms with Crippen molar-refractivity contribution >= 4 is 23.5 Å². The number of carboxylic acid groups (broad SMARTS) is 1. The first-order valence-corrected chi connectivity index (χ1v) is 7.07. The molecule has 2 amide bonds. The quantitative estimate of drug-likeness (QED) is 0.733. The molecule has 1 heterocycles.